The highest BCUT2D eigenvalue weighted by atomic mass is 35.5. The lowest BCUT2D eigenvalue weighted by Gasteiger charge is -2.29. The molecule has 1 saturated heterocycles. The summed E-state index contributed by atoms with van der Waals surface area (Å²) in [7, 11) is 0. The van der Waals surface area contributed by atoms with Crippen molar-refractivity contribution in [2.24, 2.45) is 4.99 Å². The van der Waals surface area contributed by atoms with Crippen LogP contribution in [-0.2, 0) is 12.8 Å². The number of carbonyl (C=O) groups is 1. The Morgan fingerprint density at radius 1 is 1.17 bits per heavy atom. The number of halogens is 1. The number of aliphatic imine (C=N–C) groups is 1. The summed E-state index contributed by atoms with van der Waals surface area (Å²) in [5, 5.41) is 2.38. The second-order valence-corrected chi connectivity index (χ2v) is 9.24. The van der Waals surface area contributed by atoms with E-state index in [0.717, 1.165) is 75.6 Å². The lowest BCUT2D eigenvalue weighted by molar-refractivity contribution is 0.0850. The third-order valence-corrected chi connectivity index (χ3v) is 7.22. The van der Waals surface area contributed by atoms with Crippen LogP contribution in [0.3, 0.4) is 0 Å². The van der Waals surface area contributed by atoms with E-state index in [9.17, 15) is 4.79 Å². The first kappa shape index (κ1) is 19.6. The van der Waals surface area contributed by atoms with Crippen molar-refractivity contribution in [3.8, 4) is 0 Å². The molecule has 0 atom stereocenters. The Kier molecular flexibility index (Phi) is 5.25. The summed E-state index contributed by atoms with van der Waals surface area (Å²) in [5.74, 6) is 0.994. The number of fused-ring (bicyclic) bond motifs is 2. The van der Waals surface area contributed by atoms with Crippen LogP contribution in [0.25, 0.3) is 10.9 Å². The molecule has 6 heteroatoms. The van der Waals surface area contributed by atoms with Crippen molar-refractivity contribution in [3.05, 3.63) is 69.9 Å². The summed E-state index contributed by atoms with van der Waals surface area (Å²) in [6.45, 7) is 2.65. The first-order chi connectivity index (χ1) is 14.6. The van der Waals surface area contributed by atoms with Crippen LogP contribution in [0, 0.1) is 6.92 Å². The van der Waals surface area contributed by atoms with E-state index in [1.165, 1.54) is 0 Å². The minimum Gasteiger partial charge on any atom is -0.287 e. The number of carbonyl (C=O) groups excluding carboxylic acids is 1. The zero-order valence-corrected chi connectivity index (χ0v) is 18.4. The molecule has 2 aliphatic rings. The van der Waals surface area contributed by atoms with Gasteiger partial charge in [0, 0.05) is 28.4 Å². The zero-order valence-electron chi connectivity index (χ0n) is 16.8. The molecule has 3 aromatic rings. The Labute approximate surface area is 185 Å². The van der Waals surface area contributed by atoms with Gasteiger partial charge in [0.1, 0.15) is 0 Å². The van der Waals surface area contributed by atoms with Crippen molar-refractivity contribution in [2.75, 3.05) is 12.3 Å². The molecule has 1 amide bonds. The molecule has 5 rings (SSSR count). The van der Waals surface area contributed by atoms with Gasteiger partial charge in [0.05, 0.1) is 16.8 Å². The van der Waals surface area contributed by atoms with Crippen LogP contribution in [0.5, 0.6) is 0 Å². The summed E-state index contributed by atoms with van der Waals surface area (Å²) >= 11 is 7.93. The van der Waals surface area contributed by atoms with Gasteiger partial charge in [0.15, 0.2) is 5.17 Å². The molecule has 1 aliphatic carbocycles. The molecule has 1 aliphatic heterocycles. The topological polar surface area (TPSA) is 45.6 Å². The maximum Gasteiger partial charge on any atom is 0.260 e. The number of aryl methyl sites for hydroxylation is 2. The smallest absolute Gasteiger partial charge is 0.260 e. The van der Waals surface area contributed by atoms with Crippen molar-refractivity contribution in [2.45, 2.75) is 32.6 Å². The predicted molar refractivity (Wildman–Crippen MR) is 125 cm³/mol. The van der Waals surface area contributed by atoms with Gasteiger partial charge in [0.2, 0.25) is 0 Å². The first-order valence-corrected chi connectivity index (χ1v) is 11.7. The number of benzene rings is 2. The average Bonchev–Trinajstić information content (AvgIpc) is 3.22. The van der Waals surface area contributed by atoms with Crippen LogP contribution < -0.4 is 0 Å². The van der Waals surface area contributed by atoms with E-state index in [1.54, 1.807) is 11.8 Å². The molecule has 1 aromatic heterocycles. The number of rotatable bonds is 2. The molecule has 0 N–H and O–H groups in total. The van der Waals surface area contributed by atoms with Gasteiger partial charge >= 0.3 is 0 Å². The van der Waals surface area contributed by atoms with E-state index in [-0.39, 0.29) is 5.91 Å². The summed E-state index contributed by atoms with van der Waals surface area (Å²) in [6.07, 6.45) is 3.86. The van der Waals surface area contributed by atoms with Crippen LogP contribution >= 0.6 is 23.4 Å². The Bertz CT molecular complexity index is 1190. The Balaban J connectivity index is 1.60. The fourth-order valence-electron chi connectivity index (χ4n) is 4.19. The summed E-state index contributed by atoms with van der Waals surface area (Å²) < 4.78 is 0. The molecule has 152 valence electrons. The number of nitrogens with zero attached hydrogens (tertiary/aromatic N) is 3. The van der Waals surface area contributed by atoms with Crippen molar-refractivity contribution < 1.29 is 4.79 Å². The van der Waals surface area contributed by atoms with Crippen LogP contribution in [0.15, 0.2) is 47.5 Å². The largest absolute Gasteiger partial charge is 0.287 e. The first-order valence-electron chi connectivity index (χ1n) is 10.3. The van der Waals surface area contributed by atoms with E-state index in [4.69, 9.17) is 21.6 Å². The molecular formula is C24H22ClN3OS. The second kappa shape index (κ2) is 8.05. The number of hydrogen-bond acceptors (Lipinski definition) is 4. The van der Waals surface area contributed by atoms with Gasteiger partial charge in [-0.2, -0.15) is 0 Å². The highest BCUT2D eigenvalue weighted by Gasteiger charge is 2.30. The van der Waals surface area contributed by atoms with Crippen LogP contribution in [0.4, 0.5) is 5.69 Å². The molecule has 0 radical (unpaired) electrons. The Morgan fingerprint density at radius 3 is 2.90 bits per heavy atom. The average molecular weight is 436 g/mol. The van der Waals surface area contributed by atoms with Gasteiger partial charge < -0.3 is 0 Å². The third-order valence-electron chi connectivity index (χ3n) is 5.75. The molecular weight excluding hydrogens is 414 g/mol. The van der Waals surface area contributed by atoms with Crippen LogP contribution in [0.1, 0.15) is 40.0 Å². The molecule has 1 fully saturated rings. The molecule has 0 spiro atoms. The lowest BCUT2D eigenvalue weighted by Crippen LogP contribution is -2.39. The van der Waals surface area contributed by atoms with Gasteiger partial charge in [-0.1, -0.05) is 47.6 Å². The lowest BCUT2D eigenvalue weighted by atomic mass is 10.00. The quantitative estimate of drug-likeness (QED) is 0.499. The normalized spacial score (nSPS) is 17.5. The number of para-hydroxylation sites is 1. The molecule has 0 unspecified atom stereocenters. The summed E-state index contributed by atoms with van der Waals surface area (Å²) in [6, 6.07) is 13.8. The number of hydrogen-bond donors (Lipinski definition) is 0. The van der Waals surface area contributed by atoms with Gasteiger partial charge in [-0.25, -0.2) is 4.99 Å². The minimum atomic E-state index is 0.0379. The Hall–Kier alpha value is -2.37. The molecule has 4 nitrogen and oxygen atoms in total. The fourth-order valence-corrected chi connectivity index (χ4v) is 5.32. The maximum atomic E-state index is 13.9. The van der Waals surface area contributed by atoms with Crippen molar-refractivity contribution in [1.82, 2.24) is 9.88 Å². The summed E-state index contributed by atoms with van der Waals surface area (Å²) in [4.78, 5) is 25.4. The SMILES string of the molecule is Cc1ccc(N=C2SCCCN2C(=O)c2c3c(nc4ccccc24)CCC3)cc1Cl. The monoisotopic (exact) mass is 435 g/mol. The number of pyridine rings is 1. The van der Waals surface area contributed by atoms with Crippen LogP contribution in [0.2, 0.25) is 5.02 Å². The van der Waals surface area contributed by atoms with E-state index < -0.39 is 0 Å². The van der Waals surface area contributed by atoms with E-state index in [1.807, 2.05) is 54.3 Å². The Morgan fingerprint density at radius 2 is 2.03 bits per heavy atom. The van der Waals surface area contributed by atoms with Gasteiger partial charge in [-0.15, -0.1) is 0 Å². The molecule has 2 heterocycles. The maximum absolute atomic E-state index is 13.9. The van der Waals surface area contributed by atoms with E-state index in [2.05, 4.69) is 0 Å². The van der Waals surface area contributed by atoms with Gasteiger partial charge in [-0.05, 0) is 61.9 Å². The van der Waals surface area contributed by atoms with E-state index >= 15 is 0 Å². The number of amides is 1. The highest BCUT2D eigenvalue weighted by Crippen LogP contribution is 2.33. The summed E-state index contributed by atoms with van der Waals surface area (Å²) in [5.41, 5.74) is 5.69. The van der Waals surface area contributed by atoms with Gasteiger partial charge in [-0.3, -0.25) is 14.7 Å². The van der Waals surface area contributed by atoms with Crippen molar-refractivity contribution >= 4 is 51.0 Å². The standard InChI is InChI=1S/C24H22ClN3OS/c1-15-10-11-16(14-19(15)25)26-24-28(12-5-13-30-24)23(29)22-17-6-2-3-8-20(17)27-21-9-4-7-18(21)22/h2-3,6,8,10-11,14H,4-5,7,9,12-13H2,1H3. The predicted octanol–water partition coefficient (Wildman–Crippen LogP) is 5.95. The molecule has 30 heavy (non-hydrogen) atoms. The van der Waals surface area contributed by atoms with Crippen LogP contribution in [-0.4, -0.2) is 33.3 Å². The van der Waals surface area contributed by atoms with Crippen molar-refractivity contribution in [1.29, 1.82) is 0 Å². The second-order valence-electron chi connectivity index (χ2n) is 7.77. The van der Waals surface area contributed by atoms with Crippen molar-refractivity contribution in [3.63, 3.8) is 0 Å². The van der Waals surface area contributed by atoms with E-state index in [0.29, 0.717) is 11.6 Å². The molecule has 2 aromatic carbocycles. The highest BCUT2D eigenvalue weighted by molar-refractivity contribution is 8.13. The fraction of sp³-hybridized carbons (Fsp3) is 0.292. The number of thioether (sulfide) groups is 1. The number of aromatic nitrogens is 1. The third kappa shape index (κ3) is 3.50. The zero-order chi connectivity index (χ0) is 20.7. The molecule has 0 saturated carbocycles. The minimum absolute atomic E-state index is 0.0379. The molecule has 0 bridgehead atoms. The number of amidine groups is 1. The van der Waals surface area contributed by atoms with Gasteiger partial charge in [0.25, 0.3) is 5.91 Å².